The Balaban J connectivity index is 2.02. The van der Waals surface area contributed by atoms with Crippen molar-refractivity contribution >= 4 is 5.90 Å². The number of nitrogens with zero attached hydrogens (tertiary/aromatic N) is 3. The molecule has 1 aromatic rings. The molecule has 2 heterocycles. The molecular weight excluding hydrogens is 412 g/mol. The van der Waals surface area contributed by atoms with Gasteiger partial charge in [0.05, 0.1) is 45.5 Å². The number of methoxy groups -OCH3 is 3. The molecule has 166 valence electrons. The number of rotatable bonds is 4. The lowest BCUT2D eigenvalue weighted by molar-refractivity contribution is -0.298. The molecular formula is C23H24N4O5. The van der Waals surface area contributed by atoms with Gasteiger partial charge in [-0.1, -0.05) is 6.92 Å². The summed E-state index contributed by atoms with van der Waals surface area (Å²) in [5, 5.41) is 39.9. The Hall–Kier alpha value is -3.48. The van der Waals surface area contributed by atoms with Gasteiger partial charge in [-0.3, -0.25) is 5.41 Å². The Bertz CT molecular complexity index is 1090. The molecule has 4 rings (SSSR count). The van der Waals surface area contributed by atoms with E-state index in [0.717, 1.165) is 6.42 Å². The molecule has 3 aliphatic rings. The Morgan fingerprint density at radius 3 is 2.19 bits per heavy atom. The van der Waals surface area contributed by atoms with Gasteiger partial charge < -0.3 is 23.7 Å². The molecule has 9 heteroatoms. The van der Waals surface area contributed by atoms with Crippen LogP contribution in [-0.4, -0.2) is 33.0 Å². The van der Waals surface area contributed by atoms with Gasteiger partial charge in [0, 0.05) is 18.1 Å². The lowest BCUT2D eigenvalue weighted by Gasteiger charge is -2.52. The molecule has 5 unspecified atom stereocenters. The predicted octanol–water partition coefficient (Wildman–Crippen LogP) is 3.47. The number of ether oxygens (including phenoxy) is 5. The number of hydrogen-bond donors (Lipinski definition) is 1. The van der Waals surface area contributed by atoms with Crippen molar-refractivity contribution in [3.63, 3.8) is 0 Å². The number of benzene rings is 1. The molecule has 5 atom stereocenters. The first-order valence-electron chi connectivity index (χ1n) is 10.3. The highest BCUT2D eigenvalue weighted by Crippen LogP contribution is 2.70. The van der Waals surface area contributed by atoms with Crippen molar-refractivity contribution in [2.45, 2.75) is 38.1 Å². The van der Waals surface area contributed by atoms with Crippen molar-refractivity contribution in [1.82, 2.24) is 0 Å². The molecule has 1 saturated carbocycles. The highest BCUT2D eigenvalue weighted by Gasteiger charge is 2.81. The summed E-state index contributed by atoms with van der Waals surface area (Å²) in [5.41, 5.74) is -3.48. The third-order valence-corrected chi connectivity index (χ3v) is 7.19. The molecule has 2 saturated heterocycles. The normalized spacial score (nSPS) is 34.2. The topological polar surface area (TPSA) is 141 Å². The molecule has 32 heavy (non-hydrogen) atoms. The molecule has 0 aromatic heterocycles. The van der Waals surface area contributed by atoms with E-state index in [4.69, 9.17) is 29.1 Å². The minimum atomic E-state index is -2.05. The van der Waals surface area contributed by atoms with Gasteiger partial charge in [0.1, 0.15) is 11.9 Å². The lowest BCUT2D eigenvalue weighted by atomic mass is 9.50. The second-order valence-electron chi connectivity index (χ2n) is 8.57. The van der Waals surface area contributed by atoms with Gasteiger partial charge >= 0.3 is 0 Å². The second kappa shape index (κ2) is 7.29. The zero-order chi connectivity index (χ0) is 23.3. The number of hydrogen-bond acceptors (Lipinski definition) is 9. The van der Waals surface area contributed by atoms with Crippen LogP contribution in [-0.2, 0) is 9.47 Å². The largest absolute Gasteiger partial charge is 0.496 e. The summed E-state index contributed by atoms with van der Waals surface area (Å²) in [5.74, 6) is -0.973. The van der Waals surface area contributed by atoms with E-state index in [-0.39, 0.29) is 11.8 Å². The van der Waals surface area contributed by atoms with E-state index in [0.29, 0.717) is 35.7 Å². The quantitative estimate of drug-likeness (QED) is 0.756. The average molecular weight is 436 g/mol. The number of nitrogens with one attached hydrogen (secondary N) is 1. The van der Waals surface area contributed by atoms with Crippen LogP contribution in [0.3, 0.4) is 0 Å². The first-order chi connectivity index (χ1) is 15.3. The van der Waals surface area contributed by atoms with Crippen LogP contribution in [0, 0.1) is 62.1 Å². The summed E-state index contributed by atoms with van der Waals surface area (Å²) in [6.45, 7) is 2.05. The zero-order valence-electron chi connectivity index (χ0n) is 18.4. The maximum atomic E-state index is 10.4. The standard InChI is InChI=1S/C23H24N4O5/c1-13-5-6-23-18(7-13)22(12-26,20(27)32-23)21(10-24,11-25)19(31-23)14-8-16(29-3)17(30-4)9-15(14)28-2/h8-9,13,18-19,27H,5-7H2,1-4H3. The summed E-state index contributed by atoms with van der Waals surface area (Å²) in [6, 6.07) is 9.49. The first kappa shape index (κ1) is 21.7. The van der Waals surface area contributed by atoms with E-state index < -0.39 is 28.6 Å². The second-order valence-corrected chi connectivity index (χ2v) is 8.57. The Kier molecular flexibility index (Phi) is 4.95. The summed E-state index contributed by atoms with van der Waals surface area (Å²) < 4.78 is 28.7. The van der Waals surface area contributed by atoms with E-state index in [1.807, 2.05) is 6.92 Å². The smallest absolute Gasteiger partial charge is 0.217 e. The molecule has 0 amide bonds. The third-order valence-electron chi connectivity index (χ3n) is 7.19. The fourth-order valence-corrected chi connectivity index (χ4v) is 5.57. The van der Waals surface area contributed by atoms with Crippen molar-refractivity contribution in [2.75, 3.05) is 21.3 Å². The van der Waals surface area contributed by atoms with Crippen molar-refractivity contribution < 1.29 is 23.7 Å². The van der Waals surface area contributed by atoms with Crippen LogP contribution in [0.15, 0.2) is 12.1 Å². The molecule has 0 radical (unpaired) electrons. The molecule has 9 nitrogen and oxygen atoms in total. The molecule has 0 spiro atoms. The van der Waals surface area contributed by atoms with E-state index in [2.05, 4.69) is 18.2 Å². The molecule has 1 aromatic carbocycles. The fraction of sp³-hybridized carbons (Fsp3) is 0.565. The van der Waals surface area contributed by atoms with Crippen molar-refractivity contribution in [3.05, 3.63) is 17.7 Å². The van der Waals surface area contributed by atoms with E-state index in [1.54, 1.807) is 12.1 Å². The lowest BCUT2D eigenvalue weighted by Crippen LogP contribution is -2.61. The zero-order valence-corrected chi connectivity index (χ0v) is 18.4. The minimum absolute atomic E-state index is 0.237. The predicted molar refractivity (Wildman–Crippen MR) is 110 cm³/mol. The molecule has 3 fully saturated rings. The Labute approximate surface area is 186 Å². The summed E-state index contributed by atoms with van der Waals surface area (Å²) in [6.07, 6.45) is 0.507. The Morgan fingerprint density at radius 2 is 1.62 bits per heavy atom. The van der Waals surface area contributed by atoms with Crippen molar-refractivity contribution in [3.8, 4) is 35.5 Å². The van der Waals surface area contributed by atoms with E-state index in [9.17, 15) is 15.8 Å². The average Bonchev–Trinajstić information content (AvgIpc) is 3.01. The molecule has 1 aliphatic carbocycles. The van der Waals surface area contributed by atoms with Crippen LogP contribution in [0.1, 0.15) is 37.9 Å². The van der Waals surface area contributed by atoms with Gasteiger partial charge in [0.2, 0.25) is 17.1 Å². The van der Waals surface area contributed by atoms with Crippen LogP contribution in [0.5, 0.6) is 17.2 Å². The highest BCUT2D eigenvalue weighted by molar-refractivity contribution is 5.89. The number of nitriles is 3. The summed E-state index contributed by atoms with van der Waals surface area (Å²) in [4.78, 5) is 0. The van der Waals surface area contributed by atoms with Gasteiger partial charge in [-0.05, 0) is 24.8 Å². The van der Waals surface area contributed by atoms with Crippen LogP contribution >= 0.6 is 0 Å². The molecule has 2 aliphatic heterocycles. The van der Waals surface area contributed by atoms with Crippen LogP contribution < -0.4 is 14.2 Å². The molecule has 1 N–H and O–H groups in total. The SMILES string of the molecule is COc1cc(OC)c(C2OC34CCC(C)CC3C(C#N)(C(=N)O4)C2(C#N)C#N)cc1OC. The maximum Gasteiger partial charge on any atom is 0.217 e. The van der Waals surface area contributed by atoms with Crippen LogP contribution in [0.2, 0.25) is 0 Å². The summed E-state index contributed by atoms with van der Waals surface area (Å²) in [7, 11) is 4.40. The Morgan fingerprint density at radius 1 is 1.00 bits per heavy atom. The van der Waals surface area contributed by atoms with Crippen LogP contribution in [0.25, 0.3) is 0 Å². The molecule has 2 bridgehead atoms. The van der Waals surface area contributed by atoms with Crippen molar-refractivity contribution in [2.24, 2.45) is 22.7 Å². The summed E-state index contributed by atoms with van der Waals surface area (Å²) >= 11 is 0. The van der Waals surface area contributed by atoms with Crippen molar-refractivity contribution in [1.29, 1.82) is 21.2 Å². The maximum absolute atomic E-state index is 10.4. The monoisotopic (exact) mass is 436 g/mol. The first-order valence-corrected chi connectivity index (χ1v) is 10.3. The highest BCUT2D eigenvalue weighted by atomic mass is 16.7. The van der Waals surface area contributed by atoms with Gasteiger partial charge in [-0.25, -0.2) is 0 Å². The van der Waals surface area contributed by atoms with Gasteiger partial charge in [-0.15, -0.1) is 0 Å². The van der Waals surface area contributed by atoms with E-state index >= 15 is 0 Å². The third kappa shape index (κ3) is 2.42. The van der Waals surface area contributed by atoms with Crippen LogP contribution in [0.4, 0.5) is 0 Å². The van der Waals surface area contributed by atoms with E-state index in [1.165, 1.54) is 21.3 Å². The van der Waals surface area contributed by atoms with Gasteiger partial charge in [0.15, 0.2) is 16.9 Å². The van der Waals surface area contributed by atoms with Gasteiger partial charge in [0.25, 0.3) is 0 Å². The fourth-order valence-electron chi connectivity index (χ4n) is 5.57. The van der Waals surface area contributed by atoms with Gasteiger partial charge in [-0.2, -0.15) is 15.8 Å². The minimum Gasteiger partial charge on any atom is -0.496 e.